The van der Waals surface area contributed by atoms with Crippen molar-refractivity contribution in [3.8, 4) is 17.1 Å². The number of ether oxygens (including phenoxy) is 1. The first kappa shape index (κ1) is 25.9. The van der Waals surface area contributed by atoms with Gasteiger partial charge in [0, 0.05) is 41.2 Å². The van der Waals surface area contributed by atoms with Crippen LogP contribution in [0.25, 0.3) is 27.8 Å². The fraction of sp³-hybridized carbons (Fsp3) is 0.300. The number of rotatable bonds is 7. The van der Waals surface area contributed by atoms with Gasteiger partial charge in [-0.05, 0) is 62.3 Å². The number of Topliss-reactive ketones (excluding diaryl/α,β-unsaturated/α-hetero) is 1. The molecular formula is C30H28F3N5O2. The van der Waals surface area contributed by atoms with Crippen LogP contribution in [0.4, 0.5) is 19.0 Å². The number of aromatic nitrogens is 4. The molecule has 0 saturated heterocycles. The van der Waals surface area contributed by atoms with Crippen LogP contribution in [0.1, 0.15) is 60.6 Å². The van der Waals surface area contributed by atoms with Gasteiger partial charge in [0.05, 0.1) is 5.69 Å². The van der Waals surface area contributed by atoms with Crippen molar-refractivity contribution < 1.29 is 22.7 Å². The van der Waals surface area contributed by atoms with Crippen molar-refractivity contribution in [3.05, 3.63) is 78.4 Å². The summed E-state index contributed by atoms with van der Waals surface area (Å²) in [7, 11) is 0. The number of aromatic amines is 1. The van der Waals surface area contributed by atoms with E-state index in [2.05, 4.69) is 26.8 Å². The summed E-state index contributed by atoms with van der Waals surface area (Å²) in [4.78, 5) is 25.5. The van der Waals surface area contributed by atoms with Gasteiger partial charge < -0.3 is 15.5 Å². The van der Waals surface area contributed by atoms with Gasteiger partial charge in [0.15, 0.2) is 5.78 Å². The van der Waals surface area contributed by atoms with Crippen molar-refractivity contribution in [1.82, 2.24) is 19.4 Å². The normalized spacial score (nSPS) is 17.9. The van der Waals surface area contributed by atoms with E-state index in [1.807, 2.05) is 28.8 Å². The third-order valence-electron chi connectivity index (χ3n) is 7.78. The monoisotopic (exact) mass is 547 g/mol. The molecule has 0 aliphatic heterocycles. The van der Waals surface area contributed by atoms with Crippen LogP contribution in [0.15, 0.2) is 67.0 Å². The molecule has 10 heteroatoms. The van der Waals surface area contributed by atoms with E-state index >= 15 is 0 Å². The number of para-hydroxylation sites is 1. The highest BCUT2D eigenvalue weighted by molar-refractivity contribution is 5.96. The second-order valence-corrected chi connectivity index (χ2v) is 10.4. The summed E-state index contributed by atoms with van der Waals surface area (Å²) in [5, 5.41) is 1.09. The fourth-order valence-corrected chi connectivity index (χ4v) is 5.82. The minimum atomic E-state index is -4.79. The number of imidazole rings is 1. The lowest BCUT2D eigenvalue weighted by molar-refractivity contribution is -0.274. The van der Waals surface area contributed by atoms with Crippen molar-refractivity contribution in [2.45, 2.75) is 50.8 Å². The minimum Gasteiger partial charge on any atom is -0.406 e. The van der Waals surface area contributed by atoms with Gasteiger partial charge in [-0.3, -0.25) is 9.20 Å². The molecule has 3 aromatic heterocycles. The van der Waals surface area contributed by atoms with Crippen molar-refractivity contribution in [1.29, 1.82) is 0 Å². The Morgan fingerprint density at radius 3 is 2.65 bits per heavy atom. The SMILES string of the molecule is Nc1nccn2c(C3CCC(CCC(=O)c4cccc(OC(F)(F)F)c4)CC3)nc(-c3cc4ccccc4[nH]3)c12. The number of carbonyl (C=O) groups is 1. The lowest BCUT2D eigenvalue weighted by Gasteiger charge is -2.27. The quantitative estimate of drug-likeness (QED) is 0.208. The van der Waals surface area contributed by atoms with E-state index in [0.29, 0.717) is 18.2 Å². The van der Waals surface area contributed by atoms with Gasteiger partial charge in [0.1, 0.15) is 28.6 Å². The van der Waals surface area contributed by atoms with E-state index in [0.717, 1.165) is 65.4 Å². The smallest absolute Gasteiger partial charge is 0.406 e. The Balaban J connectivity index is 1.14. The third-order valence-corrected chi connectivity index (χ3v) is 7.78. The lowest BCUT2D eigenvalue weighted by Crippen LogP contribution is -2.17. The molecule has 5 aromatic rings. The van der Waals surface area contributed by atoms with E-state index in [9.17, 15) is 18.0 Å². The number of carbonyl (C=O) groups excluding carboxylic acids is 1. The zero-order valence-corrected chi connectivity index (χ0v) is 21.6. The zero-order chi connectivity index (χ0) is 27.9. The average Bonchev–Trinajstić information content (AvgIpc) is 3.54. The van der Waals surface area contributed by atoms with E-state index < -0.39 is 6.36 Å². The number of benzene rings is 2. The molecule has 3 heterocycles. The highest BCUT2D eigenvalue weighted by Crippen LogP contribution is 2.40. The number of nitrogens with two attached hydrogens (primary N) is 1. The fourth-order valence-electron chi connectivity index (χ4n) is 5.82. The number of fused-ring (bicyclic) bond motifs is 2. The predicted octanol–water partition coefficient (Wildman–Crippen LogP) is 7.30. The molecule has 0 atom stereocenters. The van der Waals surface area contributed by atoms with Crippen LogP contribution in [-0.4, -0.2) is 31.5 Å². The Hall–Kier alpha value is -4.34. The summed E-state index contributed by atoms with van der Waals surface area (Å²) in [5.74, 6) is 1.41. The van der Waals surface area contributed by atoms with Crippen molar-refractivity contribution >= 4 is 28.0 Å². The Morgan fingerprint density at radius 2 is 1.88 bits per heavy atom. The van der Waals surface area contributed by atoms with Gasteiger partial charge in [-0.25, -0.2) is 9.97 Å². The number of nitrogens with one attached hydrogen (secondary N) is 1. The first-order valence-corrected chi connectivity index (χ1v) is 13.3. The molecule has 1 aliphatic rings. The predicted molar refractivity (Wildman–Crippen MR) is 146 cm³/mol. The van der Waals surface area contributed by atoms with Crippen LogP contribution in [0, 0.1) is 5.92 Å². The molecular weight excluding hydrogens is 519 g/mol. The minimum absolute atomic E-state index is 0.181. The highest BCUT2D eigenvalue weighted by Gasteiger charge is 2.31. The summed E-state index contributed by atoms with van der Waals surface area (Å²) in [6.07, 6.45) is 3.48. The van der Waals surface area contributed by atoms with E-state index in [1.165, 1.54) is 18.2 Å². The molecule has 0 bridgehead atoms. The maximum atomic E-state index is 12.7. The summed E-state index contributed by atoms with van der Waals surface area (Å²) in [5.41, 5.74) is 10.0. The van der Waals surface area contributed by atoms with Crippen LogP contribution in [0.5, 0.6) is 5.75 Å². The van der Waals surface area contributed by atoms with E-state index in [1.54, 1.807) is 6.20 Å². The Bertz CT molecular complexity index is 1650. The molecule has 2 aromatic carbocycles. The zero-order valence-electron chi connectivity index (χ0n) is 21.6. The van der Waals surface area contributed by atoms with Gasteiger partial charge in [-0.15, -0.1) is 13.2 Å². The van der Waals surface area contributed by atoms with Crippen LogP contribution < -0.4 is 10.5 Å². The maximum absolute atomic E-state index is 12.7. The molecule has 1 fully saturated rings. The lowest BCUT2D eigenvalue weighted by atomic mass is 9.79. The molecule has 206 valence electrons. The van der Waals surface area contributed by atoms with Gasteiger partial charge >= 0.3 is 6.36 Å². The Morgan fingerprint density at radius 1 is 1.07 bits per heavy atom. The molecule has 6 rings (SSSR count). The molecule has 7 nitrogen and oxygen atoms in total. The van der Waals surface area contributed by atoms with Crippen LogP contribution in [0.2, 0.25) is 0 Å². The molecule has 0 radical (unpaired) electrons. The molecule has 3 N–H and O–H groups in total. The van der Waals surface area contributed by atoms with Crippen LogP contribution in [-0.2, 0) is 0 Å². The van der Waals surface area contributed by atoms with Crippen molar-refractivity contribution in [3.63, 3.8) is 0 Å². The van der Waals surface area contributed by atoms with Crippen LogP contribution >= 0.6 is 0 Å². The molecule has 0 unspecified atom stereocenters. The molecule has 0 spiro atoms. The molecule has 1 aliphatic carbocycles. The number of anilines is 1. The first-order valence-electron chi connectivity index (χ1n) is 13.3. The number of nitrogen functional groups attached to an aromatic ring is 1. The maximum Gasteiger partial charge on any atom is 0.573 e. The standard InChI is InChI=1S/C30H28F3N5O2/c31-30(32,33)40-22-6-3-5-21(16-22)25(39)13-10-18-8-11-19(12-9-18)29-37-26(27-28(34)35-14-15-38(27)29)24-17-20-4-1-2-7-23(20)36-24/h1-7,14-19,36H,8-13H2,(H2,34,35). The van der Waals surface area contributed by atoms with Crippen LogP contribution in [0.3, 0.4) is 0 Å². The highest BCUT2D eigenvalue weighted by atomic mass is 19.4. The molecule has 0 amide bonds. The first-order chi connectivity index (χ1) is 19.2. The number of hydrogen-bond donors (Lipinski definition) is 2. The molecule has 40 heavy (non-hydrogen) atoms. The summed E-state index contributed by atoms with van der Waals surface area (Å²) >= 11 is 0. The summed E-state index contributed by atoms with van der Waals surface area (Å²) in [6, 6.07) is 15.4. The topological polar surface area (TPSA) is 98.3 Å². The second kappa shape index (κ2) is 10.3. The number of ketones is 1. The second-order valence-electron chi connectivity index (χ2n) is 10.4. The van der Waals surface area contributed by atoms with Gasteiger partial charge in [0.2, 0.25) is 0 Å². The van der Waals surface area contributed by atoms with E-state index in [4.69, 9.17) is 10.7 Å². The van der Waals surface area contributed by atoms with Gasteiger partial charge in [0.25, 0.3) is 0 Å². The largest absolute Gasteiger partial charge is 0.573 e. The number of H-pyrrole nitrogens is 1. The van der Waals surface area contributed by atoms with Crippen molar-refractivity contribution in [2.75, 3.05) is 5.73 Å². The number of hydrogen-bond acceptors (Lipinski definition) is 5. The number of alkyl halides is 3. The summed E-state index contributed by atoms with van der Waals surface area (Å²) in [6.45, 7) is 0. The van der Waals surface area contributed by atoms with E-state index in [-0.39, 0.29) is 29.4 Å². The van der Waals surface area contributed by atoms with Gasteiger partial charge in [-0.2, -0.15) is 0 Å². The third kappa shape index (κ3) is 5.25. The van der Waals surface area contributed by atoms with Gasteiger partial charge in [-0.1, -0.05) is 30.3 Å². The summed E-state index contributed by atoms with van der Waals surface area (Å²) < 4.78 is 43.6. The average molecular weight is 548 g/mol. The Kier molecular flexibility index (Phi) is 6.69. The Labute approximate surface area is 228 Å². The molecule has 1 saturated carbocycles. The number of nitrogens with zero attached hydrogens (tertiary/aromatic N) is 3. The van der Waals surface area contributed by atoms with Crippen molar-refractivity contribution in [2.24, 2.45) is 5.92 Å². The number of halogens is 3.